The van der Waals surface area contributed by atoms with E-state index in [2.05, 4.69) is 24.1 Å². The van der Waals surface area contributed by atoms with Gasteiger partial charge in [-0.2, -0.15) is 0 Å². The van der Waals surface area contributed by atoms with Crippen LogP contribution in [0.3, 0.4) is 0 Å². The number of nitrogens with one attached hydrogen (secondary N) is 1. The van der Waals surface area contributed by atoms with Crippen molar-refractivity contribution in [3.63, 3.8) is 0 Å². The largest absolute Gasteiger partial charge is 0.311 e. The Morgan fingerprint density at radius 2 is 2.05 bits per heavy atom. The van der Waals surface area contributed by atoms with Gasteiger partial charge in [0.2, 0.25) is 0 Å². The van der Waals surface area contributed by atoms with E-state index in [9.17, 15) is 0 Å². The third-order valence-electron chi connectivity index (χ3n) is 4.89. The average molecular weight is 285 g/mol. The molecule has 0 aromatic heterocycles. The van der Waals surface area contributed by atoms with Gasteiger partial charge in [-0.25, -0.2) is 0 Å². The number of hydrogen-bond acceptors (Lipinski definition) is 2. The first kappa shape index (κ1) is 15.3. The van der Waals surface area contributed by atoms with Crippen LogP contribution in [0.4, 0.5) is 0 Å². The molecule has 1 saturated heterocycles. The van der Waals surface area contributed by atoms with Crippen molar-refractivity contribution in [2.75, 3.05) is 19.6 Å². The van der Waals surface area contributed by atoms with Crippen molar-refractivity contribution in [2.24, 2.45) is 5.92 Å². The Labute approximate surface area is 123 Å². The summed E-state index contributed by atoms with van der Waals surface area (Å²) in [5, 5.41) is 3.82. The van der Waals surface area contributed by atoms with E-state index in [1.165, 1.54) is 50.6 Å². The summed E-state index contributed by atoms with van der Waals surface area (Å²) in [6.07, 6.45) is 8.37. The minimum atomic E-state index is 0.673. The van der Waals surface area contributed by atoms with Crippen molar-refractivity contribution in [3.8, 4) is 0 Å². The molecule has 2 atom stereocenters. The van der Waals surface area contributed by atoms with Gasteiger partial charge in [0.05, 0.1) is 0 Å². The number of rotatable bonds is 4. The Morgan fingerprint density at radius 3 is 2.68 bits per heavy atom. The van der Waals surface area contributed by atoms with Gasteiger partial charge in [-0.1, -0.05) is 37.8 Å². The average Bonchev–Trinajstić information content (AvgIpc) is 2.48. The predicted molar refractivity (Wildman–Crippen MR) is 83.6 cm³/mol. The summed E-state index contributed by atoms with van der Waals surface area (Å²) in [6.45, 7) is 7.81. The topological polar surface area (TPSA) is 15.3 Å². The zero-order valence-electron chi connectivity index (χ0n) is 12.5. The van der Waals surface area contributed by atoms with Crippen molar-refractivity contribution in [2.45, 2.75) is 64.5 Å². The Morgan fingerprint density at radius 1 is 1.32 bits per heavy atom. The van der Waals surface area contributed by atoms with Crippen molar-refractivity contribution in [1.29, 1.82) is 0 Å². The highest BCUT2D eigenvalue weighted by molar-refractivity contribution is 6.25. The van der Waals surface area contributed by atoms with Gasteiger partial charge in [-0.3, -0.25) is 4.90 Å². The minimum Gasteiger partial charge on any atom is -0.311 e. The van der Waals surface area contributed by atoms with Gasteiger partial charge in [-0.15, -0.1) is 0 Å². The molecule has 3 heteroatoms. The summed E-state index contributed by atoms with van der Waals surface area (Å²) in [5.74, 6) is 0.898. The first-order chi connectivity index (χ1) is 9.24. The Kier molecular flexibility index (Phi) is 6.18. The molecule has 0 spiro atoms. The van der Waals surface area contributed by atoms with Crippen LogP contribution in [0, 0.1) is 5.92 Å². The fourth-order valence-corrected chi connectivity index (χ4v) is 3.76. The zero-order chi connectivity index (χ0) is 13.7. The number of nitrogens with zero attached hydrogens (tertiary/aromatic N) is 1. The highest BCUT2D eigenvalue weighted by Crippen LogP contribution is 2.29. The first-order valence-electron chi connectivity index (χ1n) is 7.98. The SMILES string of the molecule is CCC1CNC(C2CCCCC2)CN1CC(C)=CCl. The van der Waals surface area contributed by atoms with Crippen LogP contribution in [-0.2, 0) is 0 Å². The molecular weight excluding hydrogens is 256 g/mol. The molecule has 2 unspecified atom stereocenters. The molecule has 2 aliphatic rings. The van der Waals surface area contributed by atoms with Gasteiger partial charge in [-0.05, 0) is 37.7 Å². The van der Waals surface area contributed by atoms with E-state index in [4.69, 9.17) is 11.6 Å². The Hall–Kier alpha value is -0.0500. The monoisotopic (exact) mass is 284 g/mol. The summed E-state index contributed by atoms with van der Waals surface area (Å²) in [4.78, 5) is 2.64. The molecule has 2 rings (SSSR count). The lowest BCUT2D eigenvalue weighted by atomic mass is 9.82. The number of piperazine rings is 1. The quantitative estimate of drug-likeness (QED) is 0.846. The lowest BCUT2D eigenvalue weighted by Gasteiger charge is -2.44. The molecule has 1 aliphatic carbocycles. The molecule has 1 saturated carbocycles. The lowest BCUT2D eigenvalue weighted by Crippen LogP contribution is -2.58. The van der Waals surface area contributed by atoms with Gasteiger partial charge in [0.15, 0.2) is 0 Å². The van der Waals surface area contributed by atoms with Gasteiger partial charge in [0.25, 0.3) is 0 Å². The molecule has 2 fully saturated rings. The third-order valence-corrected chi connectivity index (χ3v) is 5.26. The molecule has 0 amide bonds. The maximum Gasteiger partial charge on any atom is 0.0224 e. The molecule has 2 nitrogen and oxygen atoms in total. The zero-order valence-corrected chi connectivity index (χ0v) is 13.3. The second kappa shape index (κ2) is 7.66. The van der Waals surface area contributed by atoms with Crippen molar-refractivity contribution >= 4 is 11.6 Å². The van der Waals surface area contributed by atoms with Crippen LogP contribution in [0.25, 0.3) is 0 Å². The van der Waals surface area contributed by atoms with E-state index in [0.717, 1.165) is 19.0 Å². The second-order valence-electron chi connectivity index (χ2n) is 6.36. The number of halogens is 1. The molecule has 19 heavy (non-hydrogen) atoms. The first-order valence-corrected chi connectivity index (χ1v) is 8.41. The van der Waals surface area contributed by atoms with E-state index in [-0.39, 0.29) is 0 Å². The second-order valence-corrected chi connectivity index (χ2v) is 6.58. The van der Waals surface area contributed by atoms with Crippen LogP contribution >= 0.6 is 11.6 Å². The van der Waals surface area contributed by atoms with Crippen molar-refractivity contribution in [3.05, 3.63) is 11.1 Å². The summed E-state index contributed by atoms with van der Waals surface area (Å²) < 4.78 is 0. The molecule has 110 valence electrons. The maximum atomic E-state index is 5.84. The minimum absolute atomic E-state index is 0.673. The fourth-order valence-electron chi connectivity index (χ4n) is 3.69. The molecular formula is C16H29ClN2. The van der Waals surface area contributed by atoms with Crippen LogP contribution in [0.15, 0.2) is 11.1 Å². The van der Waals surface area contributed by atoms with Gasteiger partial charge < -0.3 is 5.32 Å². The highest BCUT2D eigenvalue weighted by Gasteiger charge is 2.31. The summed E-state index contributed by atoms with van der Waals surface area (Å²) in [6, 6.07) is 1.37. The fraction of sp³-hybridized carbons (Fsp3) is 0.875. The molecule has 1 heterocycles. The summed E-state index contributed by atoms with van der Waals surface area (Å²) in [5.41, 5.74) is 3.02. The maximum absolute atomic E-state index is 5.84. The Balaban J connectivity index is 1.94. The van der Waals surface area contributed by atoms with E-state index in [1.54, 1.807) is 5.54 Å². The van der Waals surface area contributed by atoms with Gasteiger partial charge >= 0.3 is 0 Å². The van der Waals surface area contributed by atoms with Crippen LogP contribution in [0.2, 0.25) is 0 Å². The van der Waals surface area contributed by atoms with Crippen LogP contribution in [-0.4, -0.2) is 36.6 Å². The Bertz CT molecular complexity index is 297. The van der Waals surface area contributed by atoms with Crippen LogP contribution < -0.4 is 5.32 Å². The van der Waals surface area contributed by atoms with E-state index in [0.29, 0.717) is 12.1 Å². The summed E-state index contributed by atoms with van der Waals surface area (Å²) >= 11 is 5.84. The summed E-state index contributed by atoms with van der Waals surface area (Å²) in [7, 11) is 0. The lowest BCUT2D eigenvalue weighted by molar-refractivity contribution is 0.102. The van der Waals surface area contributed by atoms with Crippen LogP contribution in [0.5, 0.6) is 0 Å². The standard InChI is InChI=1S/C16H29ClN2/c1-3-15-10-18-16(14-7-5-4-6-8-14)12-19(15)11-13(2)9-17/h9,14-16,18H,3-8,10-12H2,1-2H3. The van der Waals surface area contributed by atoms with E-state index in [1.807, 2.05) is 0 Å². The van der Waals surface area contributed by atoms with E-state index < -0.39 is 0 Å². The normalized spacial score (nSPS) is 31.6. The molecule has 0 bridgehead atoms. The molecule has 0 aromatic rings. The molecule has 0 radical (unpaired) electrons. The third kappa shape index (κ3) is 4.21. The van der Waals surface area contributed by atoms with Gasteiger partial charge in [0.1, 0.15) is 0 Å². The smallest absolute Gasteiger partial charge is 0.0224 e. The van der Waals surface area contributed by atoms with Crippen molar-refractivity contribution < 1.29 is 0 Å². The van der Waals surface area contributed by atoms with Crippen molar-refractivity contribution in [1.82, 2.24) is 10.2 Å². The molecule has 0 aromatic carbocycles. The molecule has 1 N–H and O–H groups in total. The highest BCUT2D eigenvalue weighted by atomic mass is 35.5. The van der Waals surface area contributed by atoms with Crippen LogP contribution in [0.1, 0.15) is 52.4 Å². The number of hydrogen-bond donors (Lipinski definition) is 1. The van der Waals surface area contributed by atoms with Gasteiger partial charge in [0, 0.05) is 37.3 Å². The molecule has 1 aliphatic heterocycles. The van der Waals surface area contributed by atoms with E-state index >= 15 is 0 Å². The predicted octanol–water partition coefficient (Wildman–Crippen LogP) is 3.76.